The highest BCUT2D eigenvalue weighted by Gasteiger charge is 2.24. The lowest BCUT2D eigenvalue weighted by atomic mass is 9.78. The van der Waals surface area contributed by atoms with Crippen LogP contribution in [0.3, 0.4) is 0 Å². The molecular formula is C36H45NO11. The Morgan fingerprint density at radius 3 is 1.60 bits per heavy atom. The van der Waals surface area contributed by atoms with Crippen LogP contribution in [0.5, 0.6) is 11.5 Å². The lowest BCUT2D eigenvalue weighted by Crippen LogP contribution is -2.37. The van der Waals surface area contributed by atoms with Gasteiger partial charge in [-0.3, -0.25) is 0 Å². The zero-order valence-electron chi connectivity index (χ0n) is 28.2. The van der Waals surface area contributed by atoms with Gasteiger partial charge in [-0.05, 0) is 56.2 Å². The minimum absolute atomic E-state index is 0.00188. The van der Waals surface area contributed by atoms with Gasteiger partial charge in [0.1, 0.15) is 50.6 Å². The normalized spacial score (nSPS) is 12.0. The van der Waals surface area contributed by atoms with E-state index in [4.69, 9.17) is 28.4 Å². The Balaban J connectivity index is 1.96. The highest BCUT2D eigenvalue weighted by molar-refractivity contribution is 5.87. The predicted octanol–water partition coefficient (Wildman–Crippen LogP) is 4.58. The van der Waals surface area contributed by atoms with Gasteiger partial charge in [-0.15, -0.1) is 0 Å². The maximum atomic E-state index is 12.3. The molecule has 12 nitrogen and oxygen atoms in total. The second-order valence-corrected chi connectivity index (χ2v) is 11.6. The van der Waals surface area contributed by atoms with Gasteiger partial charge in [0.05, 0.1) is 6.54 Å². The fraction of sp³-hybridized carbons (Fsp3) is 0.389. The molecule has 2 aromatic rings. The summed E-state index contributed by atoms with van der Waals surface area (Å²) >= 11 is 0. The van der Waals surface area contributed by atoms with Crippen molar-refractivity contribution in [3.63, 3.8) is 0 Å². The minimum atomic E-state index is -0.986. The zero-order valence-corrected chi connectivity index (χ0v) is 28.2. The molecule has 12 heteroatoms. The number of rotatable bonds is 19. The van der Waals surface area contributed by atoms with Crippen molar-refractivity contribution in [2.24, 2.45) is 0 Å². The van der Waals surface area contributed by atoms with Crippen LogP contribution in [0.4, 0.5) is 4.79 Å². The smallest absolute Gasteiger partial charge is 0.407 e. The number of carbonyl (C=O) groups excluding carboxylic acids is 4. The number of alkyl carbamates (subject to hydrolysis) is 1. The van der Waals surface area contributed by atoms with E-state index in [-0.39, 0.29) is 56.3 Å². The molecule has 0 fully saturated rings. The molecule has 48 heavy (non-hydrogen) atoms. The summed E-state index contributed by atoms with van der Waals surface area (Å²) < 4.78 is 31.9. The van der Waals surface area contributed by atoms with Crippen LogP contribution in [0.1, 0.15) is 45.7 Å². The van der Waals surface area contributed by atoms with E-state index < -0.39 is 41.6 Å². The monoisotopic (exact) mass is 667 g/mol. The van der Waals surface area contributed by atoms with Crippen molar-refractivity contribution in [3.05, 3.63) is 96.1 Å². The number of carbonyl (C=O) groups is 4. The number of nitrogens with one attached hydrogen (secondary N) is 1. The summed E-state index contributed by atoms with van der Waals surface area (Å²) in [5, 5.41) is 12.5. The van der Waals surface area contributed by atoms with Gasteiger partial charge in [0, 0.05) is 22.1 Å². The summed E-state index contributed by atoms with van der Waals surface area (Å²) in [6, 6.07) is 14.8. The number of ether oxygens (including phenoxy) is 6. The van der Waals surface area contributed by atoms with Gasteiger partial charge in [0.15, 0.2) is 6.10 Å². The van der Waals surface area contributed by atoms with E-state index in [0.29, 0.717) is 11.5 Å². The van der Waals surface area contributed by atoms with Crippen LogP contribution in [0.25, 0.3) is 0 Å². The first-order valence-corrected chi connectivity index (χ1v) is 15.2. The van der Waals surface area contributed by atoms with Crippen molar-refractivity contribution in [2.75, 3.05) is 39.6 Å². The average Bonchev–Trinajstić information content (AvgIpc) is 3.05. The number of aliphatic hydroxyl groups excluding tert-OH is 1. The van der Waals surface area contributed by atoms with Crippen molar-refractivity contribution < 1.29 is 52.7 Å². The van der Waals surface area contributed by atoms with Crippen LogP contribution in [-0.2, 0) is 38.7 Å². The lowest BCUT2D eigenvalue weighted by Gasteiger charge is -2.27. The zero-order chi connectivity index (χ0) is 35.9. The Morgan fingerprint density at radius 2 is 1.12 bits per heavy atom. The second-order valence-electron chi connectivity index (χ2n) is 11.6. The summed E-state index contributed by atoms with van der Waals surface area (Å²) in [5.74, 6) is -0.735. The Kier molecular flexibility index (Phi) is 15.4. The first-order valence-electron chi connectivity index (χ1n) is 15.2. The molecule has 0 saturated heterocycles. The quantitative estimate of drug-likeness (QED) is 0.0936. The number of esters is 3. The van der Waals surface area contributed by atoms with E-state index in [9.17, 15) is 24.3 Å². The largest absolute Gasteiger partial charge is 0.491 e. The van der Waals surface area contributed by atoms with E-state index in [1.165, 1.54) is 20.8 Å². The van der Waals surface area contributed by atoms with Crippen LogP contribution < -0.4 is 14.8 Å². The van der Waals surface area contributed by atoms with E-state index in [0.717, 1.165) is 11.1 Å². The van der Waals surface area contributed by atoms with Crippen molar-refractivity contribution in [3.8, 4) is 11.5 Å². The highest BCUT2D eigenvalue weighted by Crippen LogP contribution is 2.33. The first-order chi connectivity index (χ1) is 22.6. The number of aliphatic hydroxyl groups is 1. The standard InChI is InChI=1S/C36H45NO11/c1-23(2)32(39)43-18-17-37-35(42)48-31(22-47-34(41)25(5)6)21-45-30-15-11-27(12-16-30)36(7,8)26-9-13-29(14-10-26)44-19-28(38)20-46-33(40)24(3)4/h9-16,28,31,38H,1,3,5,17-22H2,2,4,6-8H3,(H,37,42). The van der Waals surface area contributed by atoms with Crippen LogP contribution in [0.2, 0.25) is 0 Å². The van der Waals surface area contributed by atoms with Crippen molar-refractivity contribution in [1.82, 2.24) is 5.32 Å². The summed E-state index contributed by atoms with van der Waals surface area (Å²) in [7, 11) is 0. The van der Waals surface area contributed by atoms with Gasteiger partial charge in [-0.2, -0.15) is 0 Å². The Morgan fingerprint density at radius 1 is 0.688 bits per heavy atom. The van der Waals surface area contributed by atoms with Crippen molar-refractivity contribution in [1.29, 1.82) is 0 Å². The SMILES string of the molecule is C=C(C)C(=O)OCCNC(=O)OC(COC(=O)C(=C)C)COc1ccc(C(C)(C)c2ccc(OCC(O)COC(=O)C(=C)C)cc2)cc1. The van der Waals surface area contributed by atoms with Gasteiger partial charge in [-0.25, -0.2) is 19.2 Å². The molecule has 0 radical (unpaired) electrons. The average molecular weight is 668 g/mol. The van der Waals surface area contributed by atoms with Gasteiger partial charge < -0.3 is 38.8 Å². The van der Waals surface area contributed by atoms with Crippen LogP contribution in [0, 0.1) is 0 Å². The number of hydrogen-bond donors (Lipinski definition) is 2. The lowest BCUT2D eigenvalue weighted by molar-refractivity contribution is -0.143. The predicted molar refractivity (Wildman–Crippen MR) is 178 cm³/mol. The molecule has 2 N–H and O–H groups in total. The second kappa shape index (κ2) is 18.9. The number of amides is 1. The van der Waals surface area contributed by atoms with Crippen LogP contribution in [0.15, 0.2) is 85.0 Å². The van der Waals surface area contributed by atoms with Gasteiger partial charge in [0.2, 0.25) is 0 Å². The first kappa shape index (κ1) is 39.1. The molecule has 1 amide bonds. The van der Waals surface area contributed by atoms with E-state index in [1.807, 2.05) is 24.3 Å². The van der Waals surface area contributed by atoms with E-state index >= 15 is 0 Å². The molecular weight excluding hydrogens is 622 g/mol. The molecule has 0 bridgehead atoms. The molecule has 0 spiro atoms. The molecule has 2 unspecified atom stereocenters. The summed E-state index contributed by atoms with van der Waals surface area (Å²) in [5.41, 5.74) is 2.28. The third-order valence-electron chi connectivity index (χ3n) is 6.76. The molecule has 2 rings (SSSR count). The van der Waals surface area contributed by atoms with E-state index in [1.54, 1.807) is 24.3 Å². The maximum Gasteiger partial charge on any atom is 0.407 e. The van der Waals surface area contributed by atoms with Crippen molar-refractivity contribution >= 4 is 24.0 Å². The molecule has 0 heterocycles. The molecule has 0 aliphatic heterocycles. The third-order valence-corrected chi connectivity index (χ3v) is 6.76. The molecule has 0 saturated carbocycles. The molecule has 0 aromatic heterocycles. The van der Waals surface area contributed by atoms with Gasteiger partial charge in [0.25, 0.3) is 0 Å². The maximum absolute atomic E-state index is 12.3. The fourth-order valence-corrected chi connectivity index (χ4v) is 3.85. The Labute approximate surface area is 281 Å². The summed E-state index contributed by atoms with van der Waals surface area (Å²) in [6.07, 6.45) is -2.74. The topological polar surface area (TPSA) is 156 Å². The number of hydrogen-bond acceptors (Lipinski definition) is 11. The third kappa shape index (κ3) is 13.3. The van der Waals surface area contributed by atoms with Crippen LogP contribution in [-0.4, -0.2) is 80.9 Å². The van der Waals surface area contributed by atoms with Crippen LogP contribution >= 0.6 is 0 Å². The Bertz CT molecular complexity index is 1450. The molecule has 2 aromatic carbocycles. The minimum Gasteiger partial charge on any atom is -0.491 e. The highest BCUT2D eigenvalue weighted by atomic mass is 16.6. The molecule has 260 valence electrons. The summed E-state index contributed by atoms with van der Waals surface area (Å²) in [4.78, 5) is 47.2. The summed E-state index contributed by atoms with van der Waals surface area (Å²) in [6.45, 7) is 18.5. The fourth-order valence-electron chi connectivity index (χ4n) is 3.85. The van der Waals surface area contributed by atoms with Gasteiger partial charge >= 0.3 is 24.0 Å². The Hall–Kier alpha value is -5.10. The van der Waals surface area contributed by atoms with Gasteiger partial charge in [-0.1, -0.05) is 57.8 Å². The molecule has 0 aliphatic carbocycles. The number of benzene rings is 2. The van der Waals surface area contributed by atoms with Crippen molar-refractivity contribution in [2.45, 2.75) is 52.2 Å². The van der Waals surface area contributed by atoms with E-state index in [2.05, 4.69) is 38.9 Å². The molecule has 2 atom stereocenters. The molecule has 0 aliphatic rings.